The second-order valence-electron chi connectivity index (χ2n) is 26.4. The quantitative estimate of drug-likeness (QED) is 0.00873. The molecule has 576 valence electrons. The normalized spacial score (nSPS) is 20.9. The summed E-state index contributed by atoms with van der Waals surface area (Å²) >= 11 is 0. The molecule has 8 rings (SSSR count). The number of amides is 4. The molecule has 2 aromatic heterocycles. The molecule has 4 heterocycles. The van der Waals surface area contributed by atoms with Gasteiger partial charge >= 0.3 is 35.4 Å². The summed E-state index contributed by atoms with van der Waals surface area (Å²) in [6.07, 6.45) is 6.38. The summed E-state index contributed by atoms with van der Waals surface area (Å²) in [5, 5.41) is 35.8. The molecule has 31 nitrogen and oxygen atoms in total. The third-order valence-electron chi connectivity index (χ3n) is 18.7. The van der Waals surface area contributed by atoms with Crippen LogP contribution in [0.2, 0.25) is 0 Å². The zero-order valence-electron chi connectivity index (χ0n) is 59.7. The van der Waals surface area contributed by atoms with E-state index in [-0.39, 0.29) is 112 Å². The van der Waals surface area contributed by atoms with Gasteiger partial charge in [-0.15, -0.1) is 0 Å². The lowest BCUT2D eigenvalue weighted by Gasteiger charge is -2.38. The van der Waals surface area contributed by atoms with E-state index in [1.165, 1.54) is 71.4 Å². The van der Waals surface area contributed by atoms with E-state index in [2.05, 4.69) is 90.6 Å². The number of hydrogen-bond acceptors (Lipinski definition) is 22. The molecule has 4 aromatic rings. The summed E-state index contributed by atoms with van der Waals surface area (Å²) in [5.41, 5.74) is 16.5. The van der Waals surface area contributed by atoms with E-state index < -0.39 is 115 Å². The average molecular weight is 1570 g/mol. The number of carbonyl (C=O) groups is 8. The number of allylic oxidation sites excluding steroid dienone is 4. The number of aromatic nitrogens is 3. The summed E-state index contributed by atoms with van der Waals surface area (Å²) in [4.78, 5) is 161. The smallest absolute Gasteiger partial charge is 0.481 e. The maximum Gasteiger partial charge on any atom is 0.490 e. The number of carbonyl (C=O) groups excluding carboxylic acids is 6. The average Bonchev–Trinajstić information content (AvgIpc) is 0.860. The summed E-state index contributed by atoms with van der Waals surface area (Å²) in [5.74, 6) is -0.253. The third kappa shape index (κ3) is 22.9. The molecule has 106 heavy (non-hydrogen) atoms. The molecule has 2 aliphatic carbocycles. The fourth-order valence-corrected chi connectivity index (χ4v) is 18.7. The number of rotatable bonds is 38. The van der Waals surface area contributed by atoms with Crippen molar-refractivity contribution < 1.29 is 105 Å². The number of Topliss-reactive ketones (excluding diaryl/α,β-unsaturated/α-hetero) is 2. The molecule has 2 fully saturated rings. The number of phosphoric ester groups is 1. The van der Waals surface area contributed by atoms with Crippen molar-refractivity contribution in [2.24, 2.45) is 16.8 Å². The largest absolute Gasteiger partial charge is 0.490 e. The number of nitrogen functional groups attached to an aromatic ring is 1. The molecule has 11 atom stereocenters. The Morgan fingerprint density at radius 3 is 2.36 bits per heavy atom. The topological polar surface area (TPSA) is 466 Å². The maximum atomic E-state index is 14.7. The molecule has 0 spiro atoms. The van der Waals surface area contributed by atoms with Gasteiger partial charge in [0.05, 0.1) is 47.8 Å². The van der Waals surface area contributed by atoms with Crippen LogP contribution in [0.25, 0.3) is 11.0 Å². The number of nitrogens with one attached hydrogen (secondary N) is 2. The van der Waals surface area contributed by atoms with Crippen LogP contribution in [0.1, 0.15) is 173 Å². The number of aliphatic hydroxyl groups excluding tert-OH is 1. The Morgan fingerprint density at radius 2 is 1.65 bits per heavy atom. The number of carboxylic acid groups (broad SMARTS) is 2. The number of fused-ring (bicyclic) bond motifs is 3. The maximum absolute atomic E-state index is 14.7. The molecule has 9 unspecified atom stereocenters. The molecule has 4 amide bonds. The van der Waals surface area contributed by atoms with Gasteiger partial charge in [-0.3, -0.25) is 47.9 Å². The molecular weight excluding hydrogens is 1480 g/mol. The number of ketones is 2. The number of aryl methyl sites for hydroxylation is 2. The zero-order chi connectivity index (χ0) is 77.4. The van der Waals surface area contributed by atoms with E-state index in [0.29, 0.717) is 47.4 Å². The molecule has 0 saturated carbocycles. The lowest BCUT2D eigenvalue weighted by atomic mass is 9.65. The number of aliphatic carboxylic acids is 2. The number of likely N-dealkylation sites (tertiary alicyclic amines) is 1. The van der Waals surface area contributed by atoms with Crippen LogP contribution < -0.4 is 16.4 Å². The van der Waals surface area contributed by atoms with Crippen molar-refractivity contribution in [3.05, 3.63) is 111 Å². The van der Waals surface area contributed by atoms with Gasteiger partial charge < -0.3 is 70.4 Å². The first-order chi connectivity index (χ1) is 50.2. The van der Waals surface area contributed by atoms with Crippen molar-refractivity contribution in [2.45, 2.75) is 180 Å². The molecule has 4 aliphatic rings. The van der Waals surface area contributed by atoms with Crippen molar-refractivity contribution in [1.29, 1.82) is 0 Å². The number of ether oxygens (including phenoxy) is 1. The molecular formula is C70H92N9O22P3S2. The molecule has 2 aliphatic heterocycles. The fraction of sp³-hybridized carbons (Fsp3) is 0.529. The number of nitrogens with two attached hydrogens (primary N) is 1. The Labute approximate surface area is 621 Å². The van der Waals surface area contributed by atoms with Crippen LogP contribution >= 0.6 is 45.1 Å². The van der Waals surface area contributed by atoms with Gasteiger partial charge in [-0.05, 0) is 118 Å². The van der Waals surface area contributed by atoms with Gasteiger partial charge in [-0.1, -0.05) is 95.7 Å². The predicted molar refractivity (Wildman–Crippen MR) is 395 cm³/mol. The first kappa shape index (κ1) is 84.4. The summed E-state index contributed by atoms with van der Waals surface area (Å²) < 4.78 is 54.5. The minimum absolute atomic E-state index is 0.00206. The second-order valence-corrected chi connectivity index (χ2v) is 33.6. The molecule has 11 N–H and O–H groups in total. The number of aliphatic imine (C=N–C) groups is 1. The molecule has 0 radical (unpaired) electrons. The minimum atomic E-state index is -5.80. The number of anilines is 1. The summed E-state index contributed by atoms with van der Waals surface area (Å²) in [6.45, 7) is 10.2. The van der Waals surface area contributed by atoms with E-state index in [9.17, 15) is 77.2 Å². The van der Waals surface area contributed by atoms with Gasteiger partial charge in [0.25, 0.3) is 5.91 Å². The second kappa shape index (κ2) is 38.2. The van der Waals surface area contributed by atoms with Gasteiger partial charge in [0.1, 0.15) is 48.0 Å². The Bertz CT molecular complexity index is 4270. The van der Waals surface area contributed by atoms with Crippen molar-refractivity contribution in [2.75, 3.05) is 50.5 Å². The van der Waals surface area contributed by atoms with E-state index in [4.69, 9.17) is 25.2 Å². The van der Waals surface area contributed by atoms with Gasteiger partial charge in [-0.25, -0.2) is 23.7 Å². The lowest BCUT2D eigenvalue weighted by Crippen LogP contribution is -2.55. The molecule has 0 bridgehead atoms. The Morgan fingerprint density at radius 1 is 0.906 bits per heavy atom. The minimum Gasteiger partial charge on any atom is -0.481 e. The number of phosphoric acid groups is 3. The van der Waals surface area contributed by atoms with Crippen LogP contribution in [-0.2, 0) is 78.0 Å². The summed E-state index contributed by atoms with van der Waals surface area (Å²) in [7, 11) is -12.5. The highest BCUT2D eigenvalue weighted by Crippen LogP contribution is 2.66. The highest BCUT2D eigenvalue weighted by molar-refractivity contribution is 8.76. The summed E-state index contributed by atoms with van der Waals surface area (Å²) in [6, 6.07) is 8.43. The Hall–Kier alpha value is -7.24. The highest BCUT2D eigenvalue weighted by atomic mass is 33.1. The SMILES string of the molecule is CCCc1cc2c(cc1C)C(c1ccccc1C(=O)N(C)CCCC(=O)N1CCCC1C(=O)NC(CCCSSCCC(=O)CCC#Cc1cn([C@H]3CC(O)[C@@H](COP(=O)(O)OP(=O)(O)OP(=O)(O)O)O3)c3ncnc(N)c13)C(=O)NC(CC(=O)O)C(=O)CC(CC)C(=O)O)C1C=C(C)C(=NCC)C=C1C2. The first-order valence-electron chi connectivity index (χ1n) is 35.0. The van der Waals surface area contributed by atoms with E-state index in [0.717, 1.165) is 36.1 Å². The third-order valence-corrected chi connectivity index (χ3v) is 25.0. The standard InChI is InChI=1S/C70H92N9O22P3S2/c1-7-17-44-32-46-33-47-34-54(72-9-3)42(5)31-52(47)64(51(46)30-41(44)4)49-20-12-13-21-50(49)69(88)77(6)26-15-24-60(83)78-27-14-23-56(78)68(87)75-53(67(86)76-55(36-62(84)85)57(81)35-43(8-2)70(89)90)22-16-28-105-106-29-25-48(80)19-11-10-18-45-38-79(66-63(45)65(71)73-40-74-66)61-37-58(82)59(99-61)39-98-103(94,95)101-104(96,97)100-102(91,92)93/h12-13,20-21,30-32,34,38,40,43,52-53,55-56,58-59,61,64,82H,7-9,11,14-17,19,22-29,33,35-37,39H2,1-6H3,(H,75,87)(H,76,86)(H,84,85)(H,89,90)(H,94,95)(H,96,97)(H2,71,73,74)(H2,91,92,93)/t43?,52?,53?,55?,56?,58?,59-,61-,64?/m1/s1. The first-order valence-corrected chi connectivity index (χ1v) is 42.0. The number of carboxylic acids is 2. The number of hydrogen-bond donors (Lipinski definition) is 10. The zero-order valence-corrected chi connectivity index (χ0v) is 64.0. The van der Waals surface area contributed by atoms with Crippen LogP contribution in [0.3, 0.4) is 0 Å². The van der Waals surface area contributed by atoms with Gasteiger partial charge in [0.15, 0.2) is 5.78 Å². The van der Waals surface area contributed by atoms with E-state index in [1.54, 1.807) is 18.9 Å². The molecule has 2 aromatic carbocycles. The van der Waals surface area contributed by atoms with Crippen LogP contribution in [0.4, 0.5) is 5.82 Å². The Kier molecular flexibility index (Phi) is 30.4. The Balaban J connectivity index is 0.849. The van der Waals surface area contributed by atoms with Crippen LogP contribution in [0, 0.1) is 30.6 Å². The predicted octanol–water partition coefficient (Wildman–Crippen LogP) is 8.23. The highest BCUT2D eigenvalue weighted by Gasteiger charge is 2.45. The molecule has 2 saturated heterocycles. The van der Waals surface area contributed by atoms with Crippen LogP contribution in [0.15, 0.2) is 77.2 Å². The van der Waals surface area contributed by atoms with E-state index >= 15 is 0 Å². The number of nitrogens with zero attached hydrogens (tertiary/aromatic N) is 6. The van der Waals surface area contributed by atoms with Crippen molar-refractivity contribution in [1.82, 2.24) is 35.0 Å². The van der Waals surface area contributed by atoms with Gasteiger partial charge in [0, 0.05) is 100 Å². The van der Waals surface area contributed by atoms with Crippen LogP contribution in [-0.4, -0.2) is 187 Å². The van der Waals surface area contributed by atoms with Crippen molar-refractivity contribution >= 4 is 115 Å². The lowest BCUT2D eigenvalue weighted by molar-refractivity contribution is -0.144. The number of aliphatic hydroxyl groups is 1. The number of benzene rings is 2. The van der Waals surface area contributed by atoms with Crippen molar-refractivity contribution in [3.63, 3.8) is 0 Å². The van der Waals surface area contributed by atoms with Crippen LogP contribution in [0.5, 0.6) is 0 Å². The monoisotopic (exact) mass is 1570 g/mol. The molecule has 36 heteroatoms. The van der Waals surface area contributed by atoms with Gasteiger partial charge in [0.2, 0.25) is 17.7 Å². The van der Waals surface area contributed by atoms with Crippen molar-refractivity contribution in [3.8, 4) is 11.8 Å². The van der Waals surface area contributed by atoms with Gasteiger partial charge in [-0.2, -0.15) is 8.62 Å². The fourth-order valence-electron chi connectivity index (χ4n) is 13.5. The van der Waals surface area contributed by atoms with E-state index in [1.807, 2.05) is 31.2 Å².